The van der Waals surface area contributed by atoms with E-state index in [-0.39, 0.29) is 0 Å². The minimum atomic E-state index is 0.434. The molecule has 1 fully saturated rings. The summed E-state index contributed by atoms with van der Waals surface area (Å²) in [5.41, 5.74) is 1.05. The van der Waals surface area contributed by atoms with Crippen LogP contribution >= 0.6 is 7.92 Å². The van der Waals surface area contributed by atoms with E-state index in [9.17, 15) is 0 Å². The van der Waals surface area contributed by atoms with E-state index in [2.05, 4.69) is 20.5 Å². The average Bonchev–Trinajstić information content (AvgIpc) is 1.98. The van der Waals surface area contributed by atoms with Gasteiger partial charge >= 0.3 is 0 Å². The molecule has 1 saturated heterocycles. The highest BCUT2D eigenvalue weighted by Crippen LogP contribution is 2.49. The first kappa shape index (κ1) is 6.55. The lowest BCUT2D eigenvalue weighted by Crippen LogP contribution is -2.01. The summed E-state index contributed by atoms with van der Waals surface area (Å²) in [5.74, 6) is 1.02. The Morgan fingerprint density at radius 1 is 1.38 bits per heavy atom. The number of hydrogen-bond acceptors (Lipinski definition) is 0. The Kier molecular flexibility index (Phi) is 1.92. The molecular formula is C7H15P. The van der Waals surface area contributed by atoms with E-state index in [1.54, 1.807) is 0 Å². The van der Waals surface area contributed by atoms with Crippen molar-refractivity contribution < 1.29 is 0 Å². The van der Waals surface area contributed by atoms with Gasteiger partial charge in [0.05, 0.1) is 0 Å². The molecule has 0 aromatic carbocycles. The van der Waals surface area contributed by atoms with Crippen molar-refractivity contribution in [2.45, 2.75) is 25.9 Å². The normalized spacial score (nSPS) is 47.6. The highest BCUT2D eigenvalue weighted by atomic mass is 31.1. The minimum absolute atomic E-state index is 0.434. The van der Waals surface area contributed by atoms with Gasteiger partial charge in [-0.2, -0.15) is 0 Å². The molecule has 3 unspecified atom stereocenters. The molecule has 1 heterocycles. The maximum atomic E-state index is 2.43. The zero-order valence-electron chi connectivity index (χ0n) is 6.02. The van der Waals surface area contributed by atoms with E-state index >= 15 is 0 Å². The summed E-state index contributed by atoms with van der Waals surface area (Å²) in [6.45, 7) is 7.23. The predicted octanol–water partition coefficient (Wildman–Crippen LogP) is 2.53. The van der Waals surface area contributed by atoms with E-state index in [0.717, 1.165) is 11.6 Å². The van der Waals surface area contributed by atoms with Crippen molar-refractivity contribution in [2.75, 3.05) is 12.8 Å². The third kappa shape index (κ3) is 1.05. The number of hydrogen-bond donors (Lipinski definition) is 0. The monoisotopic (exact) mass is 130 g/mol. The molecule has 1 rings (SSSR count). The highest BCUT2D eigenvalue weighted by Gasteiger charge is 2.24. The summed E-state index contributed by atoms with van der Waals surface area (Å²) >= 11 is 0. The average molecular weight is 130 g/mol. The van der Waals surface area contributed by atoms with Crippen molar-refractivity contribution >= 4 is 7.92 Å². The first-order valence-electron chi connectivity index (χ1n) is 3.42. The Hall–Kier alpha value is 0.430. The van der Waals surface area contributed by atoms with Gasteiger partial charge in [0.15, 0.2) is 0 Å². The molecule has 1 aliphatic rings. The van der Waals surface area contributed by atoms with Crippen LogP contribution in [0, 0.1) is 5.92 Å². The van der Waals surface area contributed by atoms with Gasteiger partial charge < -0.3 is 0 Å². The van der Waals surface area contributed by atoms with Crippen molar-refractivity contribution in [2.24, 2.45) is 5.92 Å². The van der Waals surface area contributed by atoms with Gasteiger partial charge in [-0.25, -0.2) is 0 Å². The SMILES string of the molecule is CC1CCP(C)C1C. The molecule has 0 aromatic heterocycles. The highest BCUT2D eigenvalue weighted by molar-refractivity contribution is 7.57. The van der Waals surface area contributed by atoms with Gasteiger partial charge in [-0.1, -0.05) is 13.8 Å². The molecule has 0 N–H and O–H groups in total. The largest absolute Gasteiger partial charge is 0.107 e. The van der Waals surface area contributed by atoms with Gasteiger partial charge in [0.25, 0.3) is 0 Å². The summed E-state index contributed by atoms with van der Waals surface area (Å²) in [6, 6.07) is 0. The van der Waals surface area contributed by atoms with E-state index in [1.807, 2.05) is 0 Å². The Morgan fingerprint density at radius 2 is 2.00 bits per heavy atom. The first-order chi connectivity index (χ1) is 3.72. The molecule has 48 valence electrons. The van der Waals surface area contributed by atoms with Crippen LogP contribution in [0.2, 0.25) is 0 Å². The van der Waals surface area contributed by atoms with Crippen LogP contribution < -0.4 is 0 Å². The van der Waals surface area contributed by atoms with Crippen molar-refractivity contribution in [3.8, 4) is 0 Å². The second-order valence-corrected chi connectivity index (χ2v) is 5.76. The van der Waals surface area contributed by atoms with Gasteiger partial charge in [-0.05, 0) is 30.8 Å². The first-order valence-corrected chi connectivity index (χ1v) is 5.46. The third-order valence-corrected chi connectivity index (χ3v) is 5.32. The Morgan fingerprint density at radius 3 is 2.12 bits per heavy atom. The minimum Gasteiger partial charge on any atom is -0.107 e. The van der Waals surface area contributed by atoms with Crippen LogP contribution in [-0.4, -0.2) is 18.5 Å². The maximum absolute atomic E-state index is 2.43. The second-order valence-electron chi connectivity index (χ2n) is 2.99. The molecule has 0 radical (unpaired) electrons. The summed E-state index contributed by atoms with van der Waals surface area (Å²) in [4.78, 5) is 0. The van der Waals surface area contributed by atoms with Crippen molar-refractivity contribution in [3.05, 3.63) is 0 Å². The molecule has 0 spiro atoms. The van der Waals surface area contributed by atoms with Gasteiger partial charge in [-0.3, -0.25) is 0 Å². The molecule has 0 amide bonds. The smallest absolute Gasteiger partial charge is 0.0214 e. The van der Waals surface area contributed by atoms with Crippen molar-refractivity contribution in [3.63, 3.8) is 0 Å². The van der Waals surface area contributed by atoms with Gasteiger partial charge in [0, 0.05) is 0 Å². The van der Waals surface area contributed by atoms with E-state index < -0.39 is 0 Å². The Balaban J connectivity index is 2.44. The molecule has 0 aromatic rings. The van der Waals surface area contributed by atoms with Crippen LogP contribution in [0.15, 0.2) is 0 Å². The Labute approximate surface area is 53.4 Å². The lowest BCUT2D eigenvalue weighted by atomic mass is 10.1. The molecule has 0 aliphatic carbocycles. The standard InChI is InChI=1S/C7H15P/c1-6-4-5-8(3)7(6)2/h6-7H,4-5H2,1-3H3. The molecule has 3 atom stereocenters. The third-order valence-electron chi connectivity index (χ3n) is 2.46. The summed E-state index contributed by atoms with van der Waals surface area (Å²) in [7, 11) is 0.434. The fraction of sp³-hybridized carbons (Fsp3) is 1.00. The van der Waals surface area contributed by atoms with Gasteiger partial charge in [-0.15, -0.1) is 7.92 Å². The zero-order chi connectivity index (χ0) is 6.15. The van der Waals surface area contributed by atoms with E-state index in [1.165, 1.54) is 12.6 Å². The van der Waals surface area contributed by atoms with Crippen LogP contribution in [0.25, 0.3) is 0 Å². The molecule has 0 saturated carbocycles. The fourth-order valence-corrected chi connectivity index (χ4v) is 3.53. The molecule has 0 bridgehead atoms. The van der Waals surface area contributed by atoms with Crippen molar-refractivity contribution in [1.82, 2.24) is 0 Å². The van der Waals surface area contributed by atoms with Crippen LogP contribution in [0.5, 0.6) is 0 Å². The maximum Gasteiger partial charge on any atom is -0.0214 e. The lowest BCUT2D eigenvalue weighted by Gasteiger charge is -2.12. The lowest BCUT2D eigenvalue weighted by molar-refractivity contribution is 0.588. The molecule has 1 aliphatic heterocycles. The molecule has 1 heteroatoms. The molecule has 0 nitrogen and oxygen atoms in total. The second kappa shape index (κ2) is 2.35. The summed E-state index contributed by atoms with van der Waals surface area (Å²) in [5, 5.41) is 0. The van der Waals surface area contributed by atoms with Crippen molar-refractivity contribution in [1.29, 1.82) is 0 Å². The fourth-order valence-electron chi connectivity index (χ4n) is 1.29. The topological polar surface area (TPSA) is 0 Å². The van der Waals surface area contributed by atoms with Crippen LogP contribution in [0.4, 0.5) is 0 Å². The van der Waals surface area contributed by atoms with Crippen LogP contribution in [0.1, 0.15) is 20.3 Å². The molecular weight excluding hydrogens is 115 g/mol. The number of rotatable bonds is 0. The van der Waals surface area contributed by atoms with Crippen LogP contribution in [0.3, 0.4) is 0 Å². The van der Waals surface area contributed by atoms with E-state index in [4.69, 9.17) is 0 Å². The summed E-state index contributed by atoms with van der Waals surface area (Å²) < 4.78 is 0. The van der Waals surface area contributed by atoms with E-state index in [0.29, 0.717) is 7.92 Å². The van der Waals surface area contributed by atoms with Crippen LogP contribution in [-0.2, 0) is 0 Å². The summed E-state index contributed by atoms with van der Waals surface area (Å²) in [6.07, 6.45) is 3.01. The predicted molar refractivity (Wildman–Crippen MR) is 41.0 cm³/mol. The zero-order valence-corrected chi connectivity index (χ0v) is 6.91. The van der Waals surface area contributed by atoms with Gasteiger partial charge in [0.1, 0.15) is 0 Å². The molecule has 8 heavy (non-hydrogen) atoms. The van der Waals surface area contributed by atoms with Gasteiger partial charge in [0.2, 0.25) is 0 Å². The Bertz CT molecular complexity index is 70.5. The quantitative estimate of drug-likeness (QED) is 0.442.